The average Bonchev–Trinajstić information content (AvgIpc) is 2.85. The van der Waals surface area contributed by atoms with Crippen molar-refractivity contribution in [3.63, 3.8) is 0 Å². The molecular weight excluding hydrogens is 335 g/mol. The molecule has 0 radical (unpaired) electrons. The van der Waals surface area contributed by atoms with Crippen molar-refractivity contribution in [1.82, 2.24) is 0 Å². The minimum atomic E-state index is -0.779. The van der Waals surface area contributed by atoms with Crippen LogP contribution < -0.4 is 10.6 Å². The number of hydrogen-bond acceptors (Lipinski definition) is 1. The van der Waals surface area contributed by atoms with Crippen molar-refractivity contribution in [2.24, 2.45) is 0 Å². The Balaban J connectivity index is 2.27. The van der Waals surface area contributed by atoms with Crippen LogP contribution >= 0.6 is 7.92 Å². The fraction of sp³-hybridized carbons (Fsp3) is 0.333. The second-order valence-corrected chi connectivity index (χ2v) is 11.0. The van der Waals surface area contributed by atoms with E-state index < -0.39 is 7.92 Å². The van der Waals surface area contributed by atoms with E-state index in [2.05, 4.69) is 102 Å². The largest absolute Gasteiger partial charge is 0.507 e. The van der Waals surface area contributed by atoms with Gasteiger partial charge in [-0.15, -0.1) is 0 Å². The third-order valence-electron chi connectivity index (χ3n) is 5.55. The summed E-state index contributed by atoms with van der Waals surface area (Å²) in [6.45, 7) is 13.2. The van der Waals surface area contributed by atoms with Crippen LogP contribution in [0.3, 0.4) is 0 Å². The van der Waals surface area contributed by atoms with Crippen molar-refractivity contribution in [2.45, 2.75) is 52.1 Å². The Kier molecular flexibility index (Phi) is 4.88. The molecule has 1 aliphatic rings. The minimum Gasteiger partial charge on any atom is -0.507 e. The Morgan fingerprint density at radius 3 is 2.12 bits per heavy atom. The zero-order valence-corrected chi connectivity index (χ0v) is 17.6. The number of allylic oxidation sites excluding steroid dienone is 4. The SMILES string of the molecule is CC1=C(C)C(C)(P(c2ccccc2)c2cccc(C(C)(C)C)c2O)C=C1. The predicted octanol–water partition coefficient (Wildman–Crippen LogP) is 5.79. The molecule has 0 saturated heterocycles. The normalized spacial score (nSPS) is 21.3. The summed E-state index contributed by atoms with van der Waals surface area (Å²) in [6.07, 6.45) is 4.57. The topological polar surface area (TPSA) is 20.2 Å². The Hall–Kier alpha value is -1.85. The van der Waals surface area contributed by atoms with Gasteiger partial charge in [0.2, 0.25) is 0 Å². The molecule has 0 heterocycles. The zero-order chi connectivity index (χ0) is 19.1. The van der Waals surface area contributed by atoms with Gasteiger partial charge in [0.25, 0.3) is 0 Å². The molecule has 3 rings (SSSR count). The van der Waals surface area contributed by atoms with Gasteiger partial charge in [-0.25, -0.2) is 0 Å². The minimum absolute atomic E-state index is 0.0885. The first-order valence-electron chi connectivity index (χ1n) is 9.21. The molecule has 0 aliphatic heterocycles. The second kappa shape index (κ2) is 6.71. The molecule has 136 valence electrons. The highest BCUT2D eigenvalue weighted by molar-refractivity contribution is 7.75. The van der Waals surface area contributed by atoms with E-state index in [9.17, 15) is 5.11 Å². The molecule has 1 nitrogen and oxygen atoms in total. The monoisotopic (exact) mass is 364 g/mol. The number of hydrogen-bond donors (Lipinski definition) is 1. The fourth-order valence-corrected chi connectivity index (χ4v) is 6.82. The summed E-state index contributed by atoms with van der Waals surface area (Å²) >= 11 is 0. The van der Waals surface area contributed by atoms with Crippen molar-refractivity contribution >= 4 is 18.5 Å². The summed E-state index contributed by atoms with van der Waals surface area (Å²) in [4.78, 5) is 0. The molecule has 2 unspecified atom stereocenters. The van der Waals surface area contributed by atoms with E-state index in [1.807, 2.05) is 0 Å². The molecule has 0 spiro atoms. The van der Waals surface area contributed by atoms with E-state index >= 15 is 0 Å². The Bertz CT molecular complexity index is 871. The third kappa shape index (κ3) is 3.14. The summed E-state index contributed by atoms with van der Waals surface area (Å²) in [5, 5.41) is 13.5. The highest BCUT2D eigenvalue weighted by atomic mass is 31.1. The highest BCUT2D eigenvalue weighted by Crippen LogP contribution is 2.57. The van der Waals surface area contributed by atoms with Crippen molar-refractivity contribution in [1.29, 1.82) is 0 Å². The second-order valence-electron chi connectivity index (χ2n) is 8.38. The van der Waals surface area contributed by atoms with Gasteiger partial charge in [0, 0.05) is 10.5 Å². The third-order valence-corrected chi connectivity index (χ3v) is 8.62. The maximum Gasteiger partial charge on any atom is 0.127 e. The molecule has 1 N–H and O–H groups in total. The van der Waals surface area contributed by atoms with Crippen LogP contribution in [0.25, 0.3) is 0 Å². The molecule has 0 aromatic heterocycles. The van der Waals surface area contributed by atoms with E-state index in [1.54, 1.807) is 0 Å². The van der Waals surface area contributed by atoms with Gasteiger partial charge in [-0.2, -0.15) is 0 Å². The maximum atomic E-state index is 11.3. The summed E-state index contributed by atoms with van der Waals surface area (Å²) in [5.74, 6) is 0.460. The lowest BCUT2D eigenvalue weighted by molar-refractivity contribution is 0.451. The number of phenols is 1. The lowest BCUT2D eigenvalue weighted by Crippen LogP contribution is -2.31. The molecule has 1 aliphatic carbocycles. The highest BCUT2D eigenvalue weighted by Gasteiger charge is 2.40. The summed E-state index contributed by atoms with van der Waals surface area (Å²) in [6, 6.07) is 16.9. The van der Waals surface area contributed by atoms with E-state index in [0.717, 1.165) is 10.9 Å². The van der Waals surface area contributed by atoms with Gasteiger partial charge in [-0.1, -0.05) is 92.6 Å². The molecule has 0 fully saturated rings. The van der Waals surface area contributed by atoms with Crippen LogP contribution in [-0.2, 0) is 5.41 Å². The van der Waals surface area contributed by atoms with Crippen LogP contribution in [-0.4, -0.2) is 10.3 Å². The zero-order valence-electron chi connectivity index (χ0n) is 16.7. The molecule has 26 heavy (non-hydrogen) atoms. The molecule has 0 saturated carbocycles. The summed E-state index contributed by atoms with van der Waals surface area (Å²) in [5.41, 5.74) is 3.66. The summed E-state index contributed by atoms with van der Waals surface area (Å²) in [7, 11) is -0.779. The first-order chi connectivity index (χ1) is 12.2. The Labute approximate surface area is 159 Å². The van der Waals surface area contributed by atoms with E-state index in [0.29, 0.717) is 5.75 Å². The van der Waals surface area contributed by atoms with Crippen LogP contribution in [0, 0.1) is 0 Å². The number of phenolic OH excluding ortho intramolecular Hbond substituents is 1. The van der Waals surface area contributed by atoms with Crippen LogP contribution in [0.4, 0.5) is 0 Å². The van der Waals surface area contributed by atoms with Gasteiger partial charge in [0.05, 0.1) is 0 Å². The number of aromatic hydroxyl groups is 1. The van der Waals surface area contributed by atoms with Crippen LogP contribution in [0.2, 0.25) is 0 Å². The van der Waals surface area contributed by atoms with Gasteiger partial charge >= 0.3 is 0 Å². The van der Waals surface area contributed by atoms with Crippen molar-refractivity contribution in [3.8, 4) is 5.75 Å². The lowest BCUT2D eigenvalue weighted by atomic mass is 9.86. The molecular formula is C24H29OP. The number of rotatable bonds is 3. The first kappa shape index (κ1) is 18.9. The van der Waals surface area contributed by atoms with Crippen molar-refractivity contribution < 1.29 is 5.11 Å². The van der Waals surface area contributed by atoms with Gasteiger partial charge in [-0.05, 0) is 45.0 Å². The molecule has 2 heteroatoms. The standard InChI is InChI=1S/C24H29OP/c1-17-15-16-24(6,18(17)2)26(19-11-8-7-9-12-19)21-14-10-13-20(22(21)25)23(3,4)5/h7-16,25H,1-6H3. The first-order valence-corrected chi connectivity index (χ1v) is 10.6. The van der Waals surface area contributed by atoms with Gasteiger partial charge in [-0.3, -0.25) is 0 Å². The van der Waals surface area contributed by atoms with Gasteiger partial charge in [0.1, 0.15) is 5.75 Å². The molecule has 0 amide bonds. The van der Waals surface area contributed by atoms with E-state index in [1.165, 1.54) is 16.5 Å². The predicted molar refractivity (Wildman–Crippen MR) is 115 cm³/mol. The number of benzene rings is 2. The van der Waals surface area contributed by atoms with Gasteiger partial charge in [0.15, 0.2) is 0 Å². The lowest BCUT2D eigenvalue weighted by Gasteiger charge is -2.37. The Morgan fingerprint density at radius 1 is 0.923 bits per heavy atom. The van der Waals surface area contributed by atoms with Crippen LogP contribution in [0.5, 0.6) is 5.75 Å². The average molecular weight is 364 g/mol. The van der Waals surface area contributed by atoms with Gasteiger partial charge < -0.3 is 5.11 Å². The molecule has 2 aromatic rings. The summed E-state index contributed by atoms with van der Waals surface area (Å²) < 4.78 is 0. The fourth-order valence-electron chi connectivity index (χ4n) is 3.73. The van der Waals surface area contributed by atoms with E-state index in [4.69, 9.17) is 0 Å². The smallest absolute Gasteiger partial charge is 0.127 e. The van der Waals surface area contributed by atoms with Crippen molar-refractivity contribution in [3.05, 3.63) is 77.4 Å². The van der Waals surface area contributed by atoms with Crippen LogP contribution in [0.15, 0.2) is 71.8 Å². The van der Waals surface area contributed by atoms with Crippen LogP contribution in [0.1, 0.15) is 47.1 Å². The maximum absolute atomic E-state index is 11.3. The number of para-hydroxylation sites is 1. The quantitative estimate of drug-likeness (QED) is 0.684. The molecule has 2 aromatic carbocycles. The van der Waals surface area contributed by atoms with Crippen molar-refractivity contribution in [2.75, 3.05) is 0 Å². The van der Waals surface area contributed by atoms with E-state index in [-0.39, 0.29) is 10.6 Å². The Morgan fingerprint density at radius 2 is 1.58 bits per heavy atom. The molecule has 2 atom stereocenters. The molecule has 0 bridgehead atoms.